The number of hydrogen-bond donors (Lipinski definition) is 3. The summed E-state index contributed by atoms with van der Waals surface area (Å²) in [6.07, 6.45) is -2.80. The van der Waals surface area contributed by atoms with Gasteiger partial charge >= 0.3 is 6.18 Å². The summed E-state index contributed by atoms with van der Waals surface area (Å²) in [7, 11) is -2.96. The lowest BCUT2D eigenvalue weighted by Crippen LogP contribution is -2.30. The van der Waals surface area contributed by atoms with Gasteiger partial charge in [0.25, 0.3) is 15.9 Å². The molecule has 0 radical (unpaired) electrons. The Labute approximate surface area is 242 Å². The van der Waals surface area contributed by atoms with Crippen LogP contribution in [-0.2, 0) is 27.5 Å². The molecule has 0 spiro atoms. The lowest BCUT2D eigenvalue weighted by Gasteiger charge is -2.17. The van der Waals surface area contributed by atoms with Gasteiger partial charge in [-0.3, -0.25) is 14.3 Å². The molecule has 3 N–H and O–H groups in total. The van der Waals surface area contributed by atoms with Crippen LogP contribution >= 0.6 is 0 Å². The number of benzene rings is 3. The molecule has 0 bridgehead atoms. The molecule has 4 rings (SSSR count). The summed E-state index contributed by atoms with van der Waals surface area (Å²) in [5, 5.41) is 5.77. The molecule has 0 aliphatic carbocycles. The average Bonchev–Trinajstić information content (AvgIpc) is 3.37. The van der Waals surface area contributed by atoms with E-state index in [4.69, 9.17) is 4.74 Å². The summed E-state index contributed by atoms with van der Waals surface area (Å²) in [6, 6.07) is 15.0. The Hall–Kier alpha value is -4.26. The van der Waals surface area contributed by atoms with Crippen LogP contribution in [0.3, 0.4) is 0 Å². The third kappa shape index (κ3) is 7.72. The molecule has 0 atom stereocenters. The molecule has 2 amide bonds. The Balaban J connectivity index is 1.57. The zero-order valence-electron chi connectivity index (χ0n) is 22.8. The van der Waals surface area contributed by atoms with Crippen LogP contribution in [-0.4, -0.2) is 51.9 Å². The number of carbonyl (C=O) groups is 2. The van der Waals surface area contributed by atoms with Crippen LogP contribution in [0, 0.1) is 0 Å². The zero-order valence-corrected chi connectivity index (χ0v) is 23.6. The van der Waals surface area contributed by atoms with Crippen LogP contribution in [0.5, 0.6) is 5.75 Å². The first-order chi connectivity index (χ1) is 20.0. The number of likely N-dealkylation sites (tertiary alicyclic amines) is 1. The van der Waals surface area contributed by atoms with Gasteiger partial charge in [-0.1, -0.05) is 24.3 Å². The molecule has 3 aromatic rings. The molecule has 13 heteroatoms. The summed E-state index contributed by atoms with van der Waals surface area (Å²) < 4.78 is 74.2. The van der Waals surface area contributed by atoms with Crippen molar-refractivity contribution in [2.75, 3.05) is 36.8 Å². The summed E-state index contributed by atoms with van der Waals surface area (Å²) in [4.78, 5) is 26.1. The number of methoxy groups -OCH3 is 1. The Bertz CT molecular complexity index is 1550. The maximum absolute atomic E-state index is 13.5. The fourth-order valence-corrected chi connectivity index (χ4v) is 5.81. The summed E-state index contributed by atoms with van der Waals surface area (Å²) in [5.41, 5.74) is -0.399. The van der Waals surface area contributed by atoms with Gasteiger partial charge in [-0.25, -0.2) is 8.42 Å². The molecule has 0 unspecified atom stereocenters. The van der Waals surface area contributed by atoms with Crippen molar-refractivity contribution in [2.45, 2.75) is 36.9 Å². The van der Waals surface area contributed by atoms with E-state index in [1.165, 1.54) is 31.4 Å². The minimum Gasteiger partial charge on any atom is -0.496 e. The number of sulfonamides is 1. The highest BCUT2D eigenvalue weighted by Gasteiger charge is 2.31. The van der Waals surface area contributed by atoms with Crippen LogP contribution in [0.15, 0.2) is 71.6 Å². The Morgan fingerprint density at radius 2 is 1.83 bits per heavy atom. The van der Waals surface area contributed by atoms with Crippen molar-refractivity contribution in [3.05, 3.63) is 83.4 Å². The summed E-state index contributed by atoms with van der Waals surface area (Å²) >= 11 is 0. The van der Waals surface area contributed by atoms with Gasteiger partial charge in [-0.05, 0) is 55.3 Å². The molecule has 9 nitrogen and oxygen atoms in total. The number of para-hydroxylation sites is 1. The molecule has 1 saturated heterocycles. The highest BCUT2D eigenvalue weighted by Crippen LogP contribution is 2.32. The Morgan fingerprint density at radius 1 is 1.05 bits per heavy atom. The lowest BCUT2D eigenvalue weighted by molar-refractivity contribution is -0.137. The minimum absolute atomic E-state index is 0.0412. The van der Waals surface area contributed by atoms with Gasteiger partial charge in [0.1, 0.15) is 10.6 Å². The molecule has 1 aliphatic heterocycles. The van der Waals surface area contributed by atoms with Gasteiger partial charge in [0, 0.05) is 49.4 Å². The molecular weight excluding hydrogens is 573 g/mol. The van der Waals surface area contributed by atoms with Crippen molar-refractivity contribution in [3.8, 4) is 5.75 Å². The smallest absolute Gasteiger partial charge is 0.416 e. The fraction of sp³-hybridized carbons (Fsp3) is 0.310. The van der Waals surface area contributed by atoms with E-state index in [1.807, 2.05) is 0 Å². The van der Waals surface area contributed by atoms with Crippen LogP contribution < -0.4 is 20.1 Å². The van der Waals surface area contributed by atoms with Gasteiger partial charge in [0.05, 0.1) is 18.4 Å². The van der Waals surface area contributed by atoms with E-state index in [2.05, 4.69) is 15.4 Å². The third-order valence-corrected chi connectivity index (χ3v) is 8.12. The largest absolute Gasteiger partial charge is 0.496 e. The molecule has 1 heterocycles. The van der Waals surface area contributed by atoms with Crippen molar-refractivity contribution >= 4 is 33.2 Å². The number of ether oxygens (including phenoxy) is 1. The zero-order chi connectivity index (χ0) is 30.3. The highest BCUT2D eigenvalue weighted by molar-refractivity contribution is 7.92. The van der Waals surface area contributed by atoms with Crippen LogP contribution in [0.2, 0.25) is 0 Å². The van der Waals surface area contributed by atoms with Crippen LogP contribution in [0.25, 0.3) is 0 Å². The molecule has 224 valence electrons. The second-order valence-electron chi connectivity index (χ2n) is 9.65. The van der Waals surface area contributed by atoms with E-state index in [9.17, 15) is 31.2 Å². The average molecular weight is 605 g/mol. The first-order valence-corrected chi connectivity index (χ1v) is 14.7. The summed E-state index contributed by atoms with van der Waals surface area (Å²) in [5.74, 6) is 0.123. The van der Waals surface area contributed by atoms with E-state index in [0.717, 1.165) is 24.1 Å². The SMILES string of the molecule is COc1ccccc1CNc1ccc(C(=O)NCCCN2CCCC2=O)cc1S(=O)(=O)Nc1cccc(C(F)(F)F)c1. The number of rotatable bonds is 12. The predicted molar refractivity (Wildman–Crippen MR) is 152 cm³/mol. The standard InChI is InChI=1S/C29H31F3N4O5S/c1-41-25-10-3-2-7-21(25)19-34-24-13-12-20(28(38)33-14-6-16-36-15-5-11-27(36)37)17-26(24)42(39,40)35-23-9-4-8-22(18-23)29(30,31)32/h2-4,7-10,12-13,17-18,34-35H,5-6,11,14-16,19H2,1H3,(H,33,38). The van der Waals surface area contributed by atoms with Gasteiger partial charge in [0.15, 0.2) is 0 Å². The van der Waals surface area contributed by atoms with Gasteiger partial charge in [0.2, 0.25) is 5.91 Å². The molecule has 1 aliphatic rings. The van der Waals surface area contributed by atoms with Crippen molar-refractivity contribution in [3.63, 3.8) is 0 Å². The number of carbonyl (C=O) groups excluding carboxylic acids is 2. The molecular formula is C29H31F3N4O5S. The maximum Gasteiger partial charge on any atom is 0.416 e. The first kappa shape index (κ1) is 30.7. The predicted octanol–water partition coefficient (Wildman–Crippen LogP) is 4.87. The Kier molecular flexibility index (Phi) is 9.61. The van der Waals surface area contributed by atoms with Crippen molar-refractivity contribution in [2.24, 2.45) is 0 Å². The molecule has 3 aromatic carbocycles. The monoisotopic (exact) mass is 604 g/mol. The van der Waals surface area contributed by atoms with Crippen molar-refractivity contribution in [1.82, 2.24) is 10.2 Å². The number of nitrogens with zero attached hydrogens (tertiary/aromatic N) is 1. The van der Waals surface area contributed by atoms with E-state index in [-0.39, 0.29) is 40.8 Å². The van der Waals surface area contributed by atoms with E-state index < -0.39 is 27.7 Å². The molecule has 42 heavy (non-hydrogen) atoms. The molecule has 1 fully saturated rings. The molecule has 0 saturated carbocycles. The maximum atomic E-state index is 13.5. The number of amides is 2. The number of hydrogen-bond acceptors (Lipinski definition) is 6. The van der Waals surface area contributed by atoms with Gasteiger partial charge in [-0.15, -0.1) is 0 Å². The quantitative estimate of drug-likeness (QED) is 0.254. The van der Waals surface area contributed by atoms with Gasteiger partial charge in [-0.2, -0.15) is 13.2 Å². The fourth-order valence-electron chi connectivity index (χ4n) is 4.55. The first-order valence-electron chi connectivity index (χ1n) is 13.2. The normalized spacial score (nSPS) is 13.6. The van der Waals surface area contributed by atoms with E-state index in [0.29, 0.717) is 37.7 Å². The summed E-state index contributed by atoms with van der Waals surface area (Å²) in [6.45, 7) is 1.62. The van der Waals surface area contributed by atoms with Gasteiger partial charge < -0.3 is 20.3 Å². The Morgan fingerprint density at radius 3 is 2.55 bits per heavy atom. The highest BCUT2D eigenvalue weighted by atomic mass is 32.2. The number of halogens is 3. The third-order valence-electron chi connectivity index (χ3n) is 6.70. The van der Waals surface area contributed by atoms with Crippen molar-refractivity contribution < 1.29 is 35.9 Å². The van der Waals surface area contributed by atoms with Crippen molar-refractivity contribution in [1.29, 1.82) is 0 Å². The number of nitrogens with one attached hydrogen (secondary N) is 3. The topological polar surface area (TPSA) is 117 Å². The lowest BCUT2D eigenvalue weighted by atomic mass is 10.1. The van der Waals surface area contributed by atoms with Crippen LogP contribution in [0.4, 0.5) is 24.5 Å². The molecule has 0 aromatic heterocycles. The second-order valence-corrected chi connectivity index (χ2v) is 11.3. The minimum atomic E-state index is -4.66. The second kappa shape index (κ2) is 13.1. The number of anilines is 2. The van der Waals surface area contributed by atoms with E-state index in [1.54, 1.807) is 29.2 Å². The number of alkyl halides is 3. The van der Waals surface area contributed by atoms with E-state index >= 15 is 0 Å². The van der Waals surface area contributed by atoms with Crippen LogP contribution in [0.1, 0.15) is 40.7 Å².